The van der Waals surface area contributed by atoms with Crippen molar-refractivity contribution in [3.05, 3.63) is 101 Å². The number of carbonyl (C=O) groups is 2. The molecule has 0 aliphatic carbocycles. The lowest BCUT2D eigenvalue weighted by Crippen LogP contribution is -2.22. The smallest absolute Gasteiger partial charge is 0.180 e. The molecule has 3 nitrogen and oxygen atoms in total. The number of ketones is 2. The Morgan fingerprint density at radius 1 is 0.692 bits per heavy atom. The molecule has 0 aliphatic heterocycles. The Labute approximate surface area is 155 Å². The Hall–Kier alpha value is -3.11. The topological polar surface area (TPSA) is 47.0 Å². The maximum Gasteiger partial charge on any atom is 0.180 e. The fourth-order valence-corrected chi connectivity index (χ4v) is 3.96. The highest BCUT2D eigenvalue weighted by Gasteiger charge is 2.32. The third-order valence-electron chi connectivity index (χ3n) is 4.20. The normalized spacial score (nSPS) is 11.0. The van der Waals surface area contributed by atoms with Crippen LogP contribution in [0.5, 0.6) is 0 Å². The zero-order valence-electron chi connectivity index (χ0n) is 13.8. The van der Waals surface area contributed by atoms with Crippen LogP contribution < -0.4 is 0 Å². The van der Waals surface area contributed by atoms with Gasteiger partial charge in [-0.05, 0) is 12.1 Å². The van der Waals surface area contributed by atoms with Gasteiger partial charge in [-0.3, -0.25) is 9.59 Å². The van der Waals surface area contributed by atoms with Crippen molar-refractivity contribution in [2.75, 3.05) is 0 Å². The zero-order chi connectivity index (χ0) is 17.9. The molecule has 0 radical (unpaired) electrons. The van der Waals surface area contributed by atoms with Gasteiger partial charge in [0.1, 0.15) is 10.9 Å². The first-order chi connectivity index (χ1) is 12.7. The molecule has 0 atom stereocenters. The molecule has 0 saturated heterocycles. The van der Waals surface area contributed by atoms with Gasteiger partial charge < -0.3 is 0 Å². The Morgan fingerprint density at radius 2 is 1.19 bits per heavy atom. The number of rotatable bonds is 5. The third-order valence-corrected chi connectivity index (χ3v) is 5.30. The van der Waals surface area contributed by atoms with Crippen molar-refractivity contribution < 1.29 is 9.59 Å². The van der Waals surface area contributed by atoms with Gasteiger partial charge in [0, 0.05) is 11.1 Å². The number of thiazole rings is 1. The van der Waals surface area contributed by atoms with Crippen LogP contribution in [0.25, 0.3) is 10.2 Å². The van der Waals surface area contributed by atoms with Gasteiger partial charge in [-0.2, -0.15) is 0 Å². The molecule has 1 heterocycles. The summed E-state index contributed by atoms with van der Waals surface area (Å²) in [6.45, 7) is 0. The molecule has 0 fully saturated rings. The summed E-state index contributed by atoms with van der Waals surface area (Å²) >= 11 is 1.40. The lowest BCUT2D eigenvalue weighted by atomic mass is 9.90. The number of hydrogen-bond acceptors (Lipinski definition) is 4. The van der Waals surface area contributed by atoms with Gasteiger partial charge in [0.05, 0.1) is 10.2 Å². The van der Waals surface area contributed by atoms with Crippen molar-refractivity contribution in [1.82, 2.24) is 4.98 Å². The first kappa shape index (κ1) is 16.4. The second kappa shape index (κ2) is 7.02. The van der Waals surface area contributed by atoms with Crippen molar-refractivity contribution in [2.24, 2.45) is 0 Å². The van der Waals surface area contributed by atoms with E-state index in [9.17, 15) is 9.59 Å². The maximum absolute atomic E-state index is 13.2. The molecule has 3 aromatic carbocycles. The van der Waals surface area contributed by atoms with E-state index in [1.165, 1.54) is 11.3 Å². The molecule has 0 saturated carbocycles. The second-order valence-corrected chi connectivity index (χ2v) is 6.98. The molecule has 26 heavy (non-hydrogen) atoms. The minimum Gasteiger partial charge on any atom is -0.293 e. The summed E-state index contributed by atoms with van der Waals surface area (Å²) in [5, 5.41) is 0.536. The molecular formula is C22H15NO2S. The number of aromatic nitrogens is 1. The summed E-state index contributed by atoms with van der Waals surface area (Å²) in [6, 6.07) is 25.5. The van der Waals surface area contributed by atoms with E-state index in [0.29, 0.717) is 16.1 Å². The predicted molar refractivity (Wildman–Crippen MR) is 104 cm³/mol. The molecule has 1 aromatic heterocycles. The summed E-state index contributed by atoms with van der Waals surface area (Å²) in [5.41, 5.74) is 1.83. The van der Waals surface area contributed by atoms with Gasteiger partial charge in [0.2, 0.25) is 0 Å². The molecule has 0 bridgehead atoms. The predicted octanol–water partition coefficient (Wildman–Crippen LogP) is 5.15. The molecule has 4 rings (SSSR count). The average Bonchev–Trinajstić information content (AvgIpc) is 3.13. The van der Waals surface area contributed by atoms with Crippen molar-refractivity contribution in [2.45, 2.75) is 5.92 Å². The number of benzene rings is 3. The van der Waals surface area contributed by atoms with Gasteiger partial charge in [0.15, 0.2) is 11.6 Å². The summed E-state index contributed by atoms with van der Waals surface area (Å²) in [4.78, 5) is 30.9. The fraction of sp³-hybridized carbons (Fsp3) is 0.0455. The van der Waals surface area contributed by atoms with Crippen LogP contribution in [-0.2, 0) is 0 Å². The van der Waals surface area contributed by atoms with Crippen molar-refractivity contribution in [3.8, 4) is 0 Å². The lowest BCUT2D eigenvalue weighted by molar-refractivity contribution is 0.0860. The molecule has 4 aromatic rings. The quantitative estimate of drug-likeness (QED) is 0.367. The Morgan fingerprint density at radius 3 is 1.73 bits per heavy atom. The zero-order valence-corrected chi connectivity index (χ0v) is 14.6. The highest BCUT2D eigenvalue weighted by atomic mass is 32.1. The number of carbonyl (C=O) groups excluding carboxylic acids is 2. The van der Waals surface area contributed by atoms with E-state index < -0.39 is 5.92 Å². The largest absolute Gasteiger partial charge is 0.293 e. The van der Waals surface area contributed by atoms with Crippen LogP contribution in [-0.4, -0.2) is 16.6 Å². The van der Waals surface area contributed by atoms with Crippen LogP contribution in [0, 0.1) is 0 Å². The van der Waals surface area contributed by atoms with E-state index in [1.54, 1.807) is 48.5 Å². The number of para-hydroxylation sites is 1. The van der Waals surface area contributed by atoms with Crippen LogP contribution in [0.15, 0.2) is 84.9 Å². The van der Waals surface area contributed by atoms with Crippen molar-refractivity contribution in [1.29, 1.82) is 0 Å². The number of hydrogen-bond donors (Lipinski definition) is 0. The number of Topliss-reactive ketones (excluding diaryl/α,β-unsaturated/α-hetero) is 2. The van der Waals surface area contributed by atoms with Crippen molar-refractivity contribution in [3.63, 3.8) is 0 Å². The van der Waals surface area contributed by atoms with Gasteiger partial charge in [-0.1, -0.05) is 72.8 Å². The first-order valence-electron chi connectivity index (χ1n) is 8.28. The van der Waals surface area contributed by atoms with E-state index in [0.717, 1.165) is 10.2 Å². The van der Waals surface area contributed by atoms with Crippen molar-refractivity contribution >= 4 is 33.1 Å². The minimum atomic E-state index is -0.933. The van der Waals surface area contributed by atoms with E-state index in [-0.39, 0.29) is 11.6 Å². The van der Waals surface area contributed by atoms with E-state index >= 15 is 0 Å². The highest BCUT2D eigenvalue weighted by molar-refractivity contribution is 7.18. The summed E-state index contributed by atoms with van der Waals surface area (Å²) in [6.07, 6.45) is 0. The van der Waals surface area contributed by atoms with Crippen LogP contribution in [0.2, 0.25) is 0 Å². The third kappa shape index (κ3) is 3.07. The Bertz CT molecular complexity index is 986. The van der Waals surface area contributed by atoms with E-state index in [1.807, 2.05) is 36.4 Å². The summed E-state index contributed by atoms with van der Waals surface area (Å²) in [7, 11) is 0. The van der Waals surface area contributed by atoms with Crippen LogP contribution in [0.4, 0.5) is 0 Å². The van der Waals surface area contributed by atoms with Gasteiger partial charge in [-0.15, -0.1) is 11.3 Å². The molecular weight excluding hydrogens is 342 g/mol. The Balaban J connectivity index is 1.83. The monoisotopic (exact) mass is 357 g/mol. The van der Waals surface area contributed by atoms with E-state index in [2.05, 4.69) is 4.98 Å². The van der Waals surface area contributed by atoms with Gasteiger partial charge >= 0.3 is 0 Å². The molecule has 0 spiro atoms. The number of fused-ring (bicyclic) bond motifs is 1. The molecule has 0 amide bonds. The first-order valence-corrected chi connectivity index (χ1v) is 9.09. The average molecular weight is 357 g/mol. The molecule has 126 valence electrons. The second-order valence-electron chi connectivity index (χ2n) is 5.91. The van der Waals surface area contributed by atoms with Crippen LogP contribution in [0.1, 0.15) is 31.6 Å². The fourth-order valence-electron chi connectivity index (χ4n) is 2.90. The van der Waals surface area contributed by atoms with Gasteiger partial charge in [-0.25, -0.2) is 4.98 Å². The number of nitrogens with zero attached hydrogens (tertiary/aromatic N) is 1. The molecule has 0 N–H and O–H groups in total. The molecule has 0 unspecified atom stereocenters. The molecule has 0 aliphatic rings. The highest BCUT2D eigenvalue weighted by Crippen LogP contribution is 2.32. The Kier molecular flexibility index (Phi) is 4.42. The standard InChI is InChI=1S/C22H15NO2S/c24-20(15-9-3-1-4-10-15)19(21(25)16-11-5-2-6-12-16)22-23-17-13-7-8-14-18(17)26-22/h1-14,19H. The minimum absolute atomic E-state index is 0.224. The van der Waals surface area contributed by atoms with Crippen LogP contribution >= 0.6 is 11.3 Å². The SMILES string of the molecule is O=C(c1ccccc1)C(C(=O)c1ccccc1)c1nc2ccccc2s1. The lowest BCUT2D eigenvalue weighted by Gasteiger charge is -2.12. The van der Waals surface area contributed by atoms with Gasteiger partial charge in [0.25, 0.3) is 0 Å². The van der Waals surface area contributed by atoms with Crippen LogP contribution in [0.3, 0.4) is 0 Å². The maximum atomic E-state index is 13.2. The van der Waals surface area contributed by atoms with E-state index in [4.69, 9.17) is 0 Å². The molecule has 4 heteroatoms. The summed E-state index contributed by atoms with van der Waals surface area (Å²) in [5.74, 6) is -1.38. The summed E-state index contributed by atoms with van der Waals surface area (Å²) < 4.78 is 0.967.